The first kappa shape index (κ1) is 15.6. The second kappa shape index (κ2) is 6.76. The predicted octanol–water partition coefficient (Wildman–Crippen LogP) is 2.31. The van der Waals surface area contributed by atoms with Crippen LogP contribution in [0.2, 0.25) is 0 Å². The van der Waals surface area contributed by atoms with Gasteiger partial charge in [0, 0.05) is 12.7 Å². The number of aryl methyl sites for hydroxylation is 1. The van der Waals surface area contributed by atoms with E-state index in [1.54, 1.807) is 7.11 Å². The molecule has 0 unspecified atom stereocenters. The zero-order valence-electron chi connectivity index (χ0n) is 13.3. The van der Waals surface area contributed by atoms with Crippen molar-refractivity contribution in [3.8, 4) is 5.75 Å². The molecular weight excluding hydrogens is 264 g/mol. The third kappa shape index (κ3) is 3.85. The van der Waals surface area contributed by atoms with E-state index in [2.05, 4.69) is 11.0 Å². The average molecular weight is 288 g/mol. The van der Waals surface area contributed by atoms with E-state index in [0.29, 0.717) is 6.42 Å². The zero-order chi connectivity index (χ0) is 15.4. The highest BCUT2D eigenvalue weighted by atomic mass is 16.5. The summed E-state index contributed by atoms with van der Waals surface area (Å²) >= 11 is 0. The predicted molar refractivity (Wildman–Crippen MR) is 85.4 cm³/mol. The van der Waals surface area contributed by atoms with Gasteiger partial charge in [-0.1, -0.05) is 0 Å². The molecule has 0 saturated carbocycles. The van der Waals surface area contributed by atoms with Gasteiger partial charge in [-0.3, -0.25) is 4.79 Å². The van der Waals surface area contributed by atoms with E-state index in [-0.39, 0.29) is 5.91 Å². The molecule has 1 aromatic rings. The van der Waals surface area contributed by atoms with E-state index in [9.17, 15) is 4.79 Å². The highest BCUT2D eigenvalue weighted by molar-refractivity contribution is 5.84. The fourth-order valence-electron chi connectivity index (χ4n) is 2.56. The molecule has 1 heterocycles. The number of rotatable bonds is 5. The molecule has 0 saturated heterocycles. The molecule has 21 heavy (non-hydrogen) atoms. The van der Waals surface area contributed by atoms with Crippen LogP contribution in [-0.2, 0) is 11.2 Å². The van der Waals surface area contributed by atoms with Crippen molar-refractivity contribution in [2.24, 2.45) is 0 Å². The molecule has 1 aromatic carbocycles. The molecule has 0 fully saturated rings. The molecule has 4 nitrogen and oxygen atoms in total. The Kier molecular flexibility index (Phi) is 5.02. The van der Waals surface area contributed by atoms with Crippen molar-refractivity contribution in [1.29, 1.82) is 0 Å². The molecule has 4 heteroatoms. The molecule has 2 rings (SSSR count). The van der Waals surface area contributed by atoms with Crippen LogP contribution in [0.5, 0.6) is 5.75 Å². The van der Waals surface area contributed by atoms with Gasteiger partial charge >= 0.3 is 0 Å². The molecular formula is C17H24N2O2. The van der Waals surface area contributed by atoms with Crippen LogP contribution in [0.1, 0.15) is 23.1 Å². The molecule has 1 aliphatic heterocycles. The summed E-state index contributed by atoms with van der Waals surface area (Å²) < 4.78 is 5.35. The quantitative estimate of drug-likeness (QED) is 0.833. The Balaban J connectivity index is 2.14. The smallest absolute Gasteiger partial charge is 0.230 e. The minimum Gasteiger partial charge on any atom is -0.496 e. The maximum absolute atomic E-state index is 12.4. The third-order valence-electron chi connectivity index (χ3n) is 3.76. The van der Waals surface area contributed by atoms with Gasteiger partial charge in [-0.15, -0.1) is 0 Å². The van der Waals surface area contributed by atoms with E-state index in [4.69, 9.17) is 4.74 Å². The van der Waals surface area contributed by atoms with E-state index in [0.717, 1.165) is 42.0 Å². The maximum Gasteiger partial charge on any atom is 0.230 e. The Morgan fingerprint density at radius 1 is 1.33 bits per heavy atom. The van der Waals surface area contributed by atoms with Crippen molar-refractivity contribution < 1.29 is 9.53 Å². The summed E-state index contributed by atoms with van der Waals surface area (Å²) in [4.78, 5) is 16.3. The van der Waals surface area contributed by atoms with Gasteiger partial charge in [0.15, 0.2) is 0 Å². The fourth-order valence-corrected chi connectivity index (χ4v) is 2.56. The summed E-state index contributed by atoms with van der Waals surface area (Å²) in [6, 6.07) is 4.07. The summed E-state index contributed by atoms with van der Waals surface area (Å²) in [5, 5.41) is 0. The molecule has 114 valence electrons. The number of ether oxygens (including phenoxy) is 1. The molecule has 0 N–H and O–H groups in total. The minimum absolute atomic E-state index is 0.148. The van der Waals surface area contributed by atoms with Crippen LogP contribution in [0.25, 0.3) is 6.08 Å². The number of methoxy groups -OCH3 is 1. The lowest BCUT2D eigenvalue weighted by molar-refractivity contribution is -0.127. The Morgan fingerprint density at radius 3 is 2.76 bits per heavy atom. The van der Waals surface area contributed by atoms with Crippen LogP contribution in [0, 0.1) is 6.92 Å². The molecule has 1 amide bonds. The Labute approximate surface area is 127 Å². The minimum atomic E-state index is 0.148. The van der Waals surface area contributed by atoms with Crippen LogP contribution < -0.4 is 4.74 Å². The van der Waals surface area contributed by atoms with Gasteiger partial charge in [-0.05, 0) is 68.9 Å². The summed E-state index contributed by atoms with van der Waals surface area (Å²) in [7, 11) is 5.76. The van der Waals surface area contributed by atoms with Crippen molar-refractivity contribution in [2.75, 3.05) is 34.3 Å². The number of benzene rings is 1. The summed E-state index contributed by atoms with van der Waals surface area (Å²) in [5.74, 6) is 0.991. The van der Waals surface area contributed by atoms with Gasteiger partial charge in [0.25, 0.3) is 0 Å². The van der Waals surface area contributed by atoms with Crippen molar-refractivity contribution in [1.82, 2.24) is 9.80 Å². The normalized spacial score (nSPS) is 14.3. The van der Waals surface area contributed by atoms with Crippen LogP contribution in [0.15, 0.2) is 18.3 Å². The second-order valence-corrected chi connectivity index (χ2v) is 5.76. The Bertz CT molecular complexity index is 550. The number of nitrogens with zero attached hydrogens (tertiary/aromatic N) is 2. The SMILES string of the molecule is COc1cc2c(cc1C)C=CN(CCCN(C)C)C(=O)C2. The largest absolute Gasteiger partial charge is 0.496 e. The molecule has 0 aliphatic carbocycles. The lowest BCUT2D eigenvalue weighted by atomic mass is 10.0. The molecule has 0 atom stereocenters. The van der Waals surface area contributed by atoms with Crippen LogP contribution in [0.4, 0.5) is 0 Å². The van der Waals surface area contributed by atoms with E-state index in [1.165, 1.54) is 0 Å². The fraction of sp³-hybridized carbons (Fsp3) is 0.471. The van der Waals surface area contributed by atoms with Crippen molar-refractivity contribution in [2.45, 2.75) is 19.8 Å². The Morgan fingerprint density at radius 2 is 2.10 bits per heavy atom. The molecule has 0 spiro atoms. The first-order valence-corrected chi connectivity index (χ1v) is 7.31. The van der Waals surface area contributed by atoms with Gasteiger partial charge in [0.2, 0.25) is 5.91 Å². The highest BCUT2D eigenvalue weighted by Gasteiger charge is 2.18. The molecule has 0 bridgehead atoms. The van der Waals surface area contributed by atoms with Gasteiger partial charge in [0.1, 0.15) is 5.75 Å². The van der Waals surface area contributed by atoms with Crippen molar-refractivity contribution >= 4 is 12.0 Å². The van der Waals surface area contributed by atoms with Crippen LogP contribution in [-0.4, -0.2) is 50.0 Å². The third-order valence-corrected chi connectivity index (χ3v) is 3.76. The van der Waals surface area contributed by atoms with E-state index in [1.807, 2.05) is 44.3 Å². The number of fused-ring (bicyclic) bond motifs is 1. The maximum atomic E-state index is 12.4. The van der Waals surface area contributed by atoms with Crippen molar-refractivity contribution in [3.05, 3.63) is 35.0 Å². The lowest BCUT2D eigenvalue weighted by Gasteiger charge is -2.18. The summed E-state index contributed by atoms with van der Waals surface area (Å²) in [5.41, 5.74) is 3.24. The topological polar surface area (TPSA) is 32.8 Å². The van der Waals surface area contributed by atoms with E-state index >= 15 is 0 Å². The number of carbonyl (C=O) groups is 1. The number of amides is 1. The van der Waals surface area contributed by atoms with Crippen molar-refractivity contribution in [3.63, 3.8) is 0 Å². The van der Waals surface area contributed by atoms with Gasteiger partial charge in [0.05, 0.1) is 13.5 Å². The van der Waals surface area contributed by atoms with Crippen LogP contribution >= 0.6 is 0 Å². The van der Waals surface area contributed by atoms with Gasteiger partial charge in [-0.2, -0.15) is 0 Å². The van der Waals surface area contributed by atoms with E-state index < -0.39 is 0 Å². The first-order valence-electron chi connectivity index (χ1n) is 7.31. The molecule has 0 radical (unpaired) electrons. The first-order chi connectivity index (χ1) is 10.0. The highest BCUT2D eigenvalue weighted by Crippen LogP contribution is 2.26. The monoisotopic (exact) mass is 288 g/mol. The zero-order valence-corrected chi connectivity index (χ0v) is 13.3. The standard InChI is InChI=1S/C17H24N2O2/c1-13-10-14-6-9-19(8-5-7-18(2)3)17(20)12-15(14)11-16(13)21-4/h6,9-11H,5,7-8,12H2,1-4H3. The molecule has 0 aromatic heterocycles. The number of carbonyl (C=O) groups excluding carboxylic acids is 1. The number of hydrogen-bond donors (Lipinski definition) is 0. The second-order valence-electron chi connectivity index (χ2n) is 5.76. The number of hydrogen-bond acceptors (Lipinski definition) is 3. The Hall–Kier alpha value is -1.81. The van der Waals surface area contributed by atoms with Gasteiger partial charge < -0.3 is 14.5 Å². The summed E-state index contributed by atoms with van der Waals surface area (Å²) in [6.07, 6.45) is 5.35. The van der Waals surface area contributed by atoms with Crippen LogP contribution in [0.3, 0.4) is 0 Å². The van der Waals surface area contributed by atoms with Gasteiger partial charge in [-0.25, -0.2) is 0 Å². The summed E-state index contributed by atoms with van der Waals surface area (Å²) in [6.45, 7) is 3.77. The average Bonchev–Trinajstić information content (AvgIpc) is 2.57. The molecule has 1 aliphatic rings. The lowest BCUT2D eigenvalue weighted by Crippen LogP contribution is -2.29.